The molecule has 0 aliphatic rings. The second-order valence-corrected chi connectivity index (χ2v) is 8.32. The Bertz CT molecular complexity index is 1350. The van der Waals surface area contributed by atoms with Crippen LogP contribution in [0.5, 0.6) is 0 Å². The third kappa shape index (κ3) is 6.07. The van der Waals surface area contributed by atoms with Crippen molar-refractivity contribution >= 4 is 29.4 Å². The Kier molecular flexibility index (Phi) is 7.48. The maximum absolute atomic E-state index is 12.4. The Hall–Kier alpha value is -4.10. The van der Waals surface area contributed by atoms with Gasteiger partial charge in [-0.2, -0.15) is 0 Å². The maximum atomic E-state index is 12.4. The highest BCUT2D eigenvalue weighted by Gasteiger charge is 2.18. The predicted molar refractivity (Wildman–Crippen MR) is 134 cm³/mol. The van der Waals surface area contributed by atoms with E-state index in [-0.39, 0.29) is 13.0 Å². The Balaban J connectivity index is 1.46. The SMILES string of the molecule is Cc1onc(-c2cccc(-c3ccc(CC(=O)O)cc3)c2)c1NC(=O)OCCc1ccccc1Cl. The lowest BCUT2D eigenvalue weighted by Crippen LogP contribution is -2.16. The van der Waals surface area contributed by atoms with Crippen LogP contribution in [-0.2, 0) is 22.4 Å². The van der Waals surface area contributed by atoms with Gasteiger partial charge in [0.2, 0.25) is 0 Å². The van der Waals surface area contributed by atoms with Gasteiger partial charge in [-0.1, -0.05) is 77.4 Å². The van der Waals surface area contributed by atoms with E-state index < -0.39 is 12.1 Å². The minimum Gasteiger partial charge on any atom is -0.481 e. The molecule has 0 bridgehead atoms. The molecule has 2 N–H and O–H groups in total. The van der Waals surface area contributed by atoms with Crippen molar-refractivity contribution in [1.82, 2.24) is 5.16 Å². The molecule has 1 amide bonds. The summed E-state index contributed by atoms with van der Waals surface area (Å²) in [4.78, 5) is 23.4. The lowest BCUT2D eigenvalue weighted by molar-refractivity contribution is -0.136. The molecular formula is C27H23ClN2O5. The maximum Gasteiger partial charge on any atom is 0.411 e. The van der Waals surface area contributed by atoms with E-state index >= 15 is 0 Å². The number of nitrogens with zero attached hydrogens (tertiary/aromatic N) is 1. The molecule has 0 radical (unpaired) electrons. The summed E-state index contributed by atoms with van der Waals surface area (Å²) in [5.41, 5.74) is 5.13. The van der Waals surface area contributed by atoms with Gasteiger partial charge in [0.15, 0.2) is 5.76 Å². The molecule has 4 aromatic rings. The number of hydrogen-bond donors (Lipinski definition) is 2. The second-order valence-electron chi connectivity index (χ2n) is 7.91. The van der Waals surface area contributed by atoms with Crippen LogP contribution in [0.2, 0.25) is 5.02 Å². The summed E-state index contributed by atoms with van der Waals surface area (Å²) in [6.07, 6.45) is -0.146. The quantitative estimate of drug-likeness (QED) is 0.297. The van der Waals surface area contributed by atoms with Crippen LogP contribution in [-0.4, -0.2) is 28.9 Å². The molecule has 4 rings (SSSR count). The number of carbonyl (C=O) groups is 2. The number of aromatic nitrogens is 1. The standard InChI is InChI=1S/C27H23ClN2O5/c1-17-25(29-27(33)34-14-13-20-5-2-3-8-23(20)28)26(30-35-17)22-7-4-6-21(16-22)19-11-9-18(10-12-19)15-24(31)32/h2-12,16H,13-15H2,1H3,(H,29,33)(H,31,32). The van der Waals surface area contributed by atoms with Gasteiger partial charge in [-0.15, -0.1) is 0 Å². The van der Waals surface area contributed by atoms with Gasteiger partial charge < -0.3 is 14.4 Å². The fourth-order valence-corrected chi connectivity index (χ4v) is 3.88. The highest BCUT2D eigenvalue weighted by Crippen LogP contribution is 2.33. The largest absolute Gasteiger partial charge is 0.481 e. The first-order valence-electron chi connectivity index (χ1n) is 11.0. The van der Waals surface area contributed by atoms with E-state index in [0.717, 1.165) is 27.8 Å². The van der Waals surface area contributed by atoms with Gasteiger partial charge in [-0.25, -0.2) is 4.79 Å². The molecule has 0 aliphatic heterocycles. The Labute approximate surface area is 207 Å². The molecule has 35 heavy (non-hydrogen) atoms. The molecule has 0 atom stereocenters. The van der Waals surface area contributed by atoms with Crippen molar-refractivity contribution in [3.05, 3.63) is 94.7 Å². The highest BCUT2D eigenvalue weighted by atomic mass is 35.5. The van der Waals surface area contributed by atoms with Crippen molar-refractivity contribution in [2.75, 3.05) is 11.9 Å². The molecule has 1 aromatic heterocycles. The van der Waals surface area contributed by atoms with Crippen LogP contribution < -0.4 is 5.32 Å². The third-order valence-corrected chi connectivity index (χ3v) is 5.80. The number of hydrogen-bond acceptors (Lipinski definition) is 5. The molecule has 0 saturated heterocycles. The number of nitrogens with one attached hydrogen (secondary N) is 1. The van der Waals surface area contributed by atoms with Crippen LogP contribution in [0.1, 0.15) is 16.9 Å². The van der Waals surface area contributed by atoms with E-state index in [1.54, 1.807) is 25.1 Å². The Morgan fingerprint density at radius 2 is 1.74 bits per heavy atom. The number of carbonyl (C=O) groups excluding carboxylic acids is 1. The number of amides is 1. The average molecular weight is 491 g/mol. The topological polar surface area (TPSA) is 102 Å². The van der Waals surface area contributed by atoms with E-state index in [4.69, 9.17) is 26.0 Å². The third-order valence-electron chi connectivity index (χ3n) is 5.43. The summed E-state index contributed by atoms with van der Waals surface area (Å²) < 4.78 is 10.7. The molecule has 0 fully saturated rings. The first kappa shape index (κ1) is 24.0. The molecule has 8 heteroatoms. The minimum atomic E-state index is -0.872. The Morgan fingerprint density at radius 1 is 1.00 bits per heavy atom. The van der Waals surface area contributed by atoms with Gasteiger partial charge in [-0.05, 0) is 41.3 Å². The molecule has 7 nitrogen and oxygen atoms in total. The zero-order valence-electron chi connectivity index (χ0n) is 19.0. The summed E-state index contributed by atoms with van der Waals surface area (Å²) >= 11 is 6.15. The smallest absolute Gasteiger partial charge is 0.411 e. The fraction of sp³-hybridized carbons (Fsp3) is 0.148. The van der Waals surface area contributed by atoms with Gasteiger partial charge in [0.1, 0.15) is 11.4 Å². The number of ether oxygens (including phenoxy) is 1. The number of benzene rings is 3. The zero-order chi connectivity index (χ0) is 24.8. The van der Waals surface area contributed by atoms with Crippen molar-refractivity contribution in [3.8, 4) is 22.4 Å². The van der Waals surface area contributed by atoms with E-state index in [9.17, 15) is 9.59 Å². The van der Waals surface area contributed by atoms with Gasteiger partial charge in [0.05, 0.1) is 13.0 Å². The van der Waals surface area contributed by atoms with Crippen molar-refractivity contribution in [1.29, 1.82) is 0 Å². The van der Waals surface area contributed by atoms with Crippen molar-refractivity contribution < 1.29 is 24.0 Å². The van der Waals surface area contributed by atoms with Gasteiger partial charge >= 0.3 is 12.1 Å². The van der Waals surface area contributed by atoms with Crippen LogP contribution in [0.4, 0.5) is 10.5 Å². The van der Waals surface area contributed by atoms with Crippen LogP contribution >= 0.6 is 11.6 Å². The van der Waals surface area contributed by atoms with Crippen LogP contribution in [0.25, 0.3) is 22.4 Å². The van der Waals surface area contributed by atoms with Crippen molar-refractivity contribution in [3.63, 3.8) is 0 Å². The number of anilines is 1. The fourth-order valence-electron chi connectivity index (χ4n) is 3.65. The van der Waals surface area contributed by atoms with Crippen molar-refractivity contribution in [2.24, 2.45) is 0 Å². The van der Waals surface area contributed by atoms with Gasteiger partial charge in [-0.3, -0.25) is 10.1 Å². The van der Waals surface area contributed by atoms with E-state index in [2.05, 4.69) is 10.5 Å². The summed E-state index contributed by atoms with van der Waals surface area (Å²) in [6, 6.07) is 22.4. The summed E-state index contributed by atoms with van der Waals surface area (Å²) in [5, 5.41) is 16.5. The first-order chi connectivity index (χ1) is 16.9. The first-order valence-corrected chi connectivity index (χ1v) is 11.3. The molecular weight excluding hydrogens is 468 g/mol. The summed E-state index contributed by atoms with van der Waals surface area (Å²) in [6.45, 7) is 1.88. The average Bonchev–Trinajstić information content (AvgIpc) is 3.20. The number of carboxylic acid groups (broad SMARTS) is 1. The summed E-state index contributed by atoms with van der Waals surface area (Å²) in [7, 11) is 0. The van der Waals surface area contributed by atoms with Crippen LogP contribution in [0.15, 0.2) is 77.3 Å². The molecule has 0 saturated carbocycles. The number of carboxylic acids is 1. The van der Waals surface area contributed by atoms with Crippen molar-refractivity contribution in [2.45, 2.75) is 19.8 Å². The molecule has 0 spiro atoms. The van der Waals surface area contributed by atoms with E-state index in [0.29, 0.717) is 28.6 Å². The molecule has 3 aromatic carbocycles. The van der Waals surface area contributed by atoms with Crippen LogP contribution in [0.3, 0.4) is 0 Å². The monoisotopic (exact) mass is 490 g/mol. The molecule has 0 aliphatic carbocycles. The van der Waals surface area contributed by atoms with E-state index in [1.807, 2.05) is 54.6 Å². The minimum absolute atomic E-state index is 0.0257. The molecule has 1 heterocycles. The Morgan fingerprint density at radius 3 is 2.49 bits per heavy atom. The van der Waals surface area contributed by atoms with E-state index in [1.165, 1.54) is 0 Å². The zero-order valence-corrected chi connectivity index (χ0v) is 19.7. The normalized spacial score (nSPS) is 10.7. The predicted octanol–water partition coefficient (Wildman–Crippen LogP) is 6.39. The molecule has 0 unspecified atom stereocenters. The lowest BCUT2D eigenvalue weighted by atomic mass is 9.99. The number of halogens is 1. The van der Waals surface area contributed by atoms with Gasteiger partial charge in [0.25, 0.3) is 0 Å². The number of aliphatic carboxylic acids is 1. The van der Waals surface area contributed by atoms with Crippen LogP contribution in [0, 0.1) is 6.92 Å². The second kappa shape index (κ2) is 10.9. The summed E-state index contributed by atoms with van der Waals surface area (Å²) in [5.74, 6) is -0.421. The van der Waals surface area contributed by atoms with Gasteiger partial charge in [0, 0.05) is 17.0 Å². The number of rotatable bonds is 8. The molecule has 178 valence electrons. The number of aryl methyl sites for hydroxylation is 1. The lowest BCUT2D eigenvalue weighted by Gasteiger charge is -2.09. The highest BCUT2D eigenvalue weighted by molar-refractivity contribution is 6.31.